The number of rotatable bonds is 9. The summed E-state index contributed by atoms with van der Waals surface area (Å²) in [6, 6.07) is 0. The zero-order valence-electron chi connectivity index (χ0n) is 9.05. The summed E-state index contributed by atoms with van der Waals surface area (Å²) in [5.41, 5.74) is 5.36. The fraction of sp³-hybridized carbons (Fsp3) is 0.900. The molecule has 14 heavy (non-hydrogen) atoms. The number of thioether (sulfide) groups is 1. The van der Waals surface area contributed by atoms with E-state index in [9.17, 15) is 4.79 Å². The molecule has 3 nitrogen and oxygen atoms in total. The van der Waals surface area contributed by atoms with Crippen molar-refractivity contribution in [2.75, 3.05) is 25.1 Å². The molecule has 3 N–H and O–H groups in total. The van der Waals surface area contributed by atoms with Gasteiger partial charge in [0.15, 0.2) is 0 Å². The molecule has 0 aliphatic heterocycles. The van der Waals surface area contributed by atoms with E-state index in [1.807, 2.05) is 11.8 Å². The van der Waals surface area contributed by atoms with E-state index in [4.69, 9.17) is 5.73 Å². The van der Waals surface area contributed by atoms with Crippen LogP contribution in [0.1, 0.15) is 32.1 Å². The summed E-state index contributed by atoms with van der Waals surface area (Å²) in [4.78, 5) is 11.2. The molecule has 0 unspecified atom stereocenters. The first kappa shape index (κ1) is 13.8. The largest absolute Gasteiger partial charge is 0.356 e. The van der Waals surface area contributed by atoms with Gasteiger partial charge in [-0.2, -0.15) is 11.8 Å². The Labute approximate surface area is 91.2 Å². The number of hydrogen-bond acceptors (Lipinski definition) is 3. The Kier molecular flexibility index (Phi) is 10.7. The van der Waals surface area contributed by atoms with E-state index in [1.54, 1.807) is 0 Å². The average molecular weight is 218 g/mol. The molecular formula is C10H22N2OS. The van der Waals surface area contributed by atoms with Crippen LogP contribution in [-0.2, 0) is 4.79 Å². The van der Waals surface area contributed by atoms with Crippen molar-refractivity contribution in [2.45, 2.75) is 32.1 Å². The number of hydrogen-bond donors (Lipinski definition) is 2. The minimum atomic E-state index is 0.183. The van der Waals surface area contributed by atoms with Crippen LogP contribution in [0.3, 0.4) is 0 Å². The number of nitrogens with two attached hydrogens (primary N) is 1. The highest BCUT2D eigenvalue weighted by molar-refractivity contribution is 7.98. The molecule has 1 amide bonds. The Bertz CT molecular complexity index is 128. The Morgan fingerprint density at radius 3 is 2.71 bits per heavy atom. The minimum Gasteiger partial charge on any atom is -0.356 e. The second kappa shape index (κ2) is 10.9. The maximum atomic E-state index is 11.2. The lowest BCUT2D eigenvalue weighted by atomic mass is 10.2. The lowest BCUT2D eigenvalue weighted by Crippen LogP contribution is -2.24. The van der Waals surface area contributed by atoms with Gasteiger partial charge in [0.25, 0.3) is 0 Å². The van der Waals surface area contributed by atoms with Crippen LogP contribution < -0.4 is 11.1 Å². The molecular weight excluding hydrogens is 196 g/mol. The Hall–Kier alpha value is -0.220. The Morgan fingerprint density at radius 2 is 2.07 bits per heavy atom. The van der Waals surface area contributed by atoms with Crippen LogP contribution in [0.15, 0.2) is 0 Å². The van der Waals surface area contributed by atoms with Crippen molar-refractivity contribution in [1.82, 2.24) is 5.32 Å². The van der Waals surface area contributed by atoms with Gasteiger partial charge in [0, 0.05) is 13.0 Å². The van der Waals surface area contributed by atoms with Crippen LogP contribution in [0.4, 0.5) is 0 Å². The molecule has 0 saturated heterocycles. The number of carbonyl (C=O) groups excluding carboxylic acids is 1. The summed E-state index contributed by atoms with van der Waals surface area (Å²) in [6.07, 6.45) is 6.85. The highest BCUT2D eigenvalue weighted by atomic mass is 32.2. The van der Waals surface area contributed by atoms with Crippen molar-refractivity contribution in [3.63, 3.8) is 0 Å². The molecule has 0 aliphatic rings. The molecule has 0 heterocycles. The molecule has 0 radical (unpaired) electrons. The second-order valence-electron chi connectivity index (χ2n) is 3.30. The van der Waals surface area contributed by atoms with Crippen molar-refractivity contribution < 1.29 is 4.79 Å². The molecule has 0 aromatic heterocycles. The first-order chi connectivity index (χ1) is 6.81. The summed E-state index contributed by atoms with van der Waals surface area (Å²) in [6.45, 7) is 1.55. The van der Waals surface area contributed by atoms with E-state index >= 15 is 0 Å². The van der Waals surface area contributed by atoms with Crippen molar-refractivity contribution in [3.05, 3.63) is 0 Å². The third kappa shape index (κ3) is 9.86. The van der Waals surface area contributed by atoms with Crippen molar-refractivity contribution in [3.8, 4) is 0 Å². The summed E-state index contributed by atoms with van der Waals surface area (Å²) in [5.74, 6) is 1.30. The highest BCUT2D eigenvalue weighted by Crippen LogP contribution is 1.98. The molecule has 0 aliphatic carbocycles. The lowest BCUT2D eigenvalue weighted by Gasteiger charge is -2.03. The fourth-order valence-electron chi connectivity index (χ4n) is 1.14. The minimum absolute atomic E-state index is 0.183. The van der Waals surface area contributed by atoms with Gasteiger partial charge in [-0.15, -0.1) is 0 Å². The van der Waals surface area contributed by atoms with Crippen LogP contribution in [0.5, 0.6) is 0 Å². The monoisotopic (exact) mass is 218 g/mol. The van der Waals surface area contributed by atoms with E-state index in [1.165, 1.54) is 0 Å². The van der Waals surface area contributed by atoms with Gasteiger partial charge in [-0.1, -0.05) is 6.42 Å². The van der Waals surface area contributed by atoms with E-state index in [-0.39, 0.29) is 5.91 Å². The molecule has 0 saturated carbocycles. The number of carbonyl (C=O) groups is 1. The fourth-order valence-corrected chi connectivity index (χ4v) is 1.57. The van der Waals surface area contributed by atoms with Gasteiger partial charge in [-0.3, -0.25) is 4.79 Å². The van der Waals surface area contributed by atoms with Gasteiger partial charge < -0.3 is 11.1 Å². The highest BCUT2D eigenvalue weighted by Gasteiger charge is 1.99. The quantitative estimate of drug-likeness (QED) is 0.575. The van der Waals surface area contributed by atoms with Crippen LogP contribution in [0.25, 0.3) is 0 Å². The summed E-state index contributed by atoms with van der Waals surface area (Å²) < 4.78 is 0. The molecule has 0 fully saturated rings. The van der Waals surface area contributed by atoms with Crippen molar-refractivity contribution in [2.24, 2.45) is 5.73 Å². The molecule has 0 rings (SSSR count). The van der Waals surface area contributed by atoms with Crippen molar-refractivity contribution >= 4 is 17.7 Å². The number of nitrogens with one attached hydrogen (secondary N) is 1. The maximum absolute atomic E-state index is 11.2. The normalized spacial score (nSPS) is 10.1. The summed E-state index contributed by atoms with van der Waals surface area (Å²) in [7, 11) is 0. The van der Waals surface area contributed by atoms with E-state index < -0.39 is 0 Å². The van der Waals surface area contributed by atoms with Crippen LogP contribution in [0, 0.1) is 0 Å². The standard InChI is InChI=1S/C10H22N2OS/c1-14-9-5-8-12-10(13)6-3-2-4-7-11/h2-9,11H2,1H3,(H,12,13). The lowest BCUT2D eigenvalue weighted by molar-refractivity contribution is -0.121. The van der Waals surface area contributed by atoms with Gasteiger partial charge in [0.05, 0.1) is 0 Å². The molecule has 0 spiro atoms. The summed E-state index contributed by atoms with van der Waals surface area (Å²) >= 11 is 1.81. The Morgan fingerprint density at radius 1 is 1.29 bits per heavy atom. The van der Waals surface area contributed by atoms with Gasteiger partial charge in [0.2, 0.25) is 5.91 Å². The van der Waals surface area contributed by atoms with Gasteiger partial charge in [-0.05, 0) is 37.8 Å². The molecule has 0 aromatic carbocycles. The van der Waals surface area contributed by atoms with E-state index in [2.05, 4.69) is 11.6 Å². The Balaban J connectivity index is 3.11. The first-order valence-electron chi connectivity index (χ1n) is 5.27. The SMILES string of the molecule is CSCCCNC(=O)CCCCCN. The predicted molar refractivity (Wildman–Crippen MR) is 63.5 cm³/mol. The van der Waals surface area contributed by atoms with Crippen LogP contribution in [0.2, 0.25) is 0 Å². The zero-order valence-corrected chi connectivity index (χ0v) is 9.87. The number of amides is 1. The second-order valence-corrected chi connectivity index (χ2v) is 4.28. The molecule has 0 bridgehead atoms. The smallest absolute Gasteiger partial charge is 0.219 e. The van der Waals surface area contributed by atoms with Gasteiger partial charge in [0.1, 0.15) is 0 Å². The van der Waals surface area contributed by atoms with Crippen molar-refractivity contribution in [1.29, 1.82) is 0 Å². The third-order valence-electron chi connectivity index (χ3n) is 1.96. The predicted octanol–water partition coefficient (Wildman–Crippen LogP) is 1.37. The molecule has 84 valence electrons. The molecule has 4 heteroatoms. The first-order valence-corrected chi connectivity index (χ1v) is 6.66. The molecule has 0 atom stereocenters. The topological polar surface area (TPSA) is 55.1 Å². The number of unbranched alkanes of at least 4 members (excludes halogenated alkanes) is 2. The van der Waals surface area contributed by atoms with Crippen LogP contribution >= 0.6 is 11.8 Å². The van der Waals surface area contributed by atoms with Gasteiger partial charge >= 0.3 is 0 Å². The van der Waals surface area contributed by atoms with Gasteiger partial charge in [-0.25, -0.2) is 0 Å². The maximum Gasteiger partial charge on any atom is 0.219 e. The zero-order chi connectivity index (χ0) is 10.6. The summed E-state index contributed by atoms with van der Waals surface area (Å²) in [5, 5.41) is 2.91. The van der Waals surface area contributed by atoms with E-state index in [0.29, 0.717) is 6.42 Å². The average Bonchev–Trinajstić information content (AvgIpc) is 2.19. The molecule has 0 aromatic rings. The van der Waals surface area contributed by atoms with E-state index in [0.717, 1.165) is 44.5 Å². The van der Waals surface area contributed by atoms with Crippen LogP contribution in [-0.4, -0.2) is 31.0 Å². The third-order valence-corrected chi connectivity index (χ3v) is 2.65.